The summed E-state index contributed by atoms with van der Waals surface area (Å²) in [7, 11) is 1.79. The summed E-state index contributed by atoms with van der Waals surface area (Å²) in [5.41, 5.74) is 0.897. The lowest BCUT2D eigenvalue weighted by molar-refractivity contribution is 0.621. The second-order valence-electron chi connectivity index (χ2n) is 1.88. The van der Waals surface area contributed by atoms with Crippen LogP contribution in [0.4, 0.5) is 10.1 Å². The molecule has 0 spiro atoms. The van der Waals surface area contributed by atoms with Gasteiger partial charge in [0, 0.05) is 12.7 Å². The summed E-state index contributed by atoms with van der Waals surface area (Å²) in [6.07, 6.45) is 0. The van der Waals surface area contributed by atoms with Gasteiger partial charge in [-0.05, 0) is 34.1 Å². The van der Waals surface area contributed by atoms with Crippen LogP contribution in [0, 0.1) is 5.82 Å². The average Bonchev–Trinajstić information content (AvgIpc) is 1.95. The van der Waals surface area contributed by atoms with Crippen LogP contribution in [0.5, 0.6) is 0 Å². The highest BCUT2D eigenvalue weighted by Gasteiger charge is 1.97. The van der Waals surface area contributed by atoms with Gasteiger partial charge in [0.25, 0.3) is 0 Å². The summed E-state index contributed by atoms with van der Waals surface area (Å²) in [4.78, 5) is 0. The Morgan fingerprint density at radius 1 is 1.45 bits per heavy atom. The van der Waals surface area contributed by atoms with Crippen molar-refractivity contribution in [1.29, 1.82) is 0 Å². The van der Waals surface area contributed by atoms with Gasteiger partial charge in [0.2, 0.25) is 0 Å². The predicted octanol–water partition coefficient (Wildman–Crippen LogP) is 3.05. The highest BCUT2D eigenvalue weighted by Crippen LogP contribution is 2.19. The topological polar surface area (TPSA) is 12.0 Å². The molecule has 0 saturated heterocycles. The Kier molecular flexibility index (Phi) is 4.45. The zero-order chi connectivity index (χ0) is 7.56. The van der Waals surface area contributed by atoms with Crippen LogP contribution in [0.25, 0.3) is 0 Å². The van der Waals surface area contributed by atoms with Crippen LogP contribution in [-0.2, 0) is 0 Å². The van der Waals surface area contributed by atoms with E-state index in [1.54, 1.807) is 19.2 Å². The molecular weight excluding hydrogens is 232 g/mol. The maximum Gasteiger partial charge on any atom is 0.137 e. The first kappa shape index (κ1) is 10.7. The van der Waals surface area contributed by atoms with Crippen molar-refractivity contribution in [3.05, 3.63) is 28.5 Å². The van der Waals surface area contributed by atoms with Gasteiger partial charge in [-0.1, -0.05) is 0 Å². The van der Waals surface area contributed by atoms with E-state index in [1.807, 2.05) is 0 Å². The second kappa shape index (κ2) is 4.57. The summed E-state index contributed by atoms with van der Waals surface area (Å²) in [6, 6.07) is 4.78. The fourth-order valence-corrected chi connectivity index (χ4v) is 1.03. The zero-order valence-corrected chi connectivity index (χ0v) is 8.30. The van der Waals surface area contributed by atoms with Gasteiger partial charge in [0.15, 0.2) is 0 Å². The van der Waals surface area contributed by atoms with Crippen LogP contribution < -0.4 is 5.32 Å². The molecule has 1 N–H and O–H groups in total. The molecule has 0 fully saturated rings. The number of hydrogen-bond donors (Lipinski definition) is 1. The molecule has 0 radical (unpaired) electrons. The van der Waals surface area contributed by atoms with Gasteiger partial charge < -0.3 is 5.32 Å². The van der Waals surface area contributed by atoms with E-state index in [-0.39, 0.29) is 18.2 Å². The van der Waals surface area contributed by atoms with Crippen LogP contribution in [0.15, 0.2) is 22.7 Å². The Labute approximate surface area is 79.5 Å². The molecule has 0 bridgehead atoms. The van der Waals surface area contributed by atoms with Crippen molar-refractivity contribution in [3.8, 4) is 0 Å². The first-order valence-electron chi connectivity index (χ1n) is 2.87. The van der Waals surface area contributed by atoms with E-state index in [0.29, 0.717) is 4.47 Å². The van der Waals surface area contributed by atoms with Gasteiger partial charge >= 0.3 is 0 Å². The number of benzene rings is 1. The third-order valence-corrected chi connectivity index (χ3v) is 1.82. The van der Waals surface area contributed by atoms with Crippen LogP contribution in [0.2, 0.25) is 0 Å². The molecule has 1 aromatic rings. The maximum atomic E-state index is 12.6. The molecule has 1 rings (SSSR count). The second-order valence-corrected chi connectivity index (χ2v) is 2.73. The molecule has 0 unspecified atom stereocenters. The van der Waals surface area contributed by atoms with Crippen molar-refractivity contribution >= 4 is 34.0 Å². The smallest absolute Gasteiger partial charge is 0.137 e. The lowest BCUT2D eigenvalue weighted by atomic mass is 10.3. The minimum Gasteiger partial charge on any atom is -0.388 e. The van der Waals surface area contributed by atoms with Gasteiger partial charge in [-0.15, -0.1) is 12.4 Å². The Bertz CT molecular complexity index is 242. The molecule has 11 heavy (non-hydrogen) atoms. The lowest BCUT2D eigenvalue weighted by Gasteiger charge is -1.99. The molecule has 0 saturated carbocycles. The Balaban J connectivity index is 0.000001000. The van der Waals surface area contributed by atoms with E-state index in [4.69, 9.17) is 0 Å². The molecule has 0 heterocycles. The summed E-state index contributed by atoms with van der Waals surface area (Å²) in [6.45, 7) is 0. The van der Waals surface area contributed by atoms with Crippen LogP contribution in [0.1, 0.15) is 0 Å². The van der Waals surface area contributed by atoms with E-state index < -0.39 is 0 Å². The summed E-state index contributed by atoms with van der Waals surface area (Å²) >= 11 is 3.07. The van der Waals surface area contributed by atoms with E-state index in [0.717, 1.165) is 5.69 Å². The Morgan fingerprint density at radius 2 is 2.09 bits per heavy atom. The van der Waals surface area contributed by atoms with E-state index in [1.165, 1.54) is 6.07 Å². The fourth-order valence-electron chi connectivity index (χ4n) is 0.652. The van der Waals surface area contributed by atoms with Crippen molar-refractivity contribution < 1.29 is 4.39 Å². The quantitative estimate of drug-likeness (QED) is 0.795. The standard InChI is InChI=1S/C7H7BrFN.ClH/c1-10-5-2-3-7(9)6(8)4-5;/h2-4,10H,1H3;1H. The van der Waals surface area contributed by atoms with E-state index in [2.05, 4.69) is 21.2 Å². The molecule has 0 aliphatic carbocycles. The molecule has 62 valence electrons. The molecule has 0 atom stereocenters. The lowest BCUT2D eigenvalue weighted by Crippen LogP contribution is -1.87. The highest BCUT2D eigenvalue weighted by atomic mass is 79.9. The minimum absolute atomic E-state index is 0. The minimum atomic E-state index is -0.237. The fraction of sp³-hybridized carbons (Fsp3) is 0.143. The summed E-state index contributed by atoms with van der Waals surface area (Å²) < 4.78 is 13.0. The zero-order valence-electron chi connectivity index (χ0n) is 5.90. The normalized spacial score (nSPS) is 8.64. The molecule has 0 aliphatic rings. The van der Waals surface area contributed by atoms with Crippen molar-refractivity contribution in [2.75, 3.05) is 12.4 Å². The molecule has 1 nitrogen and oxygen atoms in total. The van der Waals surface area contributed by atoms with Crippen molar-refractivity contribution in [2.24, 2.45) is 0 Å². The molecule has 0 aromatic heterocycles. The molecule has 0 amide bonds. The number of hydrogen-bond acceptors (Lipinski definition) is 1. The average molecular weight is 241 g/mol. The number of anilines is 1. The van der Waals surface area contributed by atoms with Gasteiger partial charge in [0.05, 0.1) is 4.47 Å². The van der Waals surface area contributed by atoms with Gasteiger partial charge in [0.1, 0.15) is 5.82 Å². The van der Waals surface area contributed by atoms with Crippen molar-refractivity contribution in [3.63, 3.8) is 0 Å². The van der Waals surface area contributed by atoms with Crippen LogP contribution in [-0.4, -0.2) is 7.05 Å². The molecule has 0 aliphatic heterocycles. The first-order chi connectivity index (χ1) is 4.74. The van der Waals surface area contributed by atoms with E-state index >= 15 is 0 Å². The van der Waals surface area contributed by atoms with E-state index in [9.17, 15) is 4.39 Å². The Hall–Kier alpha value is -0.280. The van der Waals surface area contributed by atoms with Gasteiger partial charge in [-0.3, -0.25) is 0 Å². The predicted molar refractivity (Wildman–Crippen MR) is 50.9 cm³/mol. The Morgan fingerprint density at radius 3 is 2.55 bits per heavy atom. The number of nitrogens with one attached hydrogen (secondary N) is 1. The third-order valence-electron chi connectivity index (χ3n) is 1.21. The number of halogens is 3. The molecular formula is C7H8BrClFN. The van der Waals surface area contributed by atoms with Gasteiger partial charge in [-0.25, -0.2) is 4.39 Å². The van der Waals surface area contributed by atoms with Crippen LogP contribution >= 0.6 is 28.3 Å². The van der Waals surface area contributed by atoms with Crippen LogP contribution in [0.3, 0.4) is 0 Å². The first-order valence-corrected chi connectivity index (χ1v) is 3.66. The highest BCUT2D eigenvalue weighted by molar-refractivity contribution is 9.10. The van der Waals surface area contributed by atoms with Crippen molar-refractivity contribution in [2.45, 2.75) is 0 Å². The third kappa shape index (κ3) is 2.67. The van der Waals surface area contributed by atoms with Gasteiger partial charge in [-0.2, -0.15) is 0 Å². The summed E-state index contributed by atoms with van der Waals surface area (Å²) in [5, 5.41) is 2.90. The molecule has 4 heteroatoms. The largest absolute Gasteiger partial charge is 0.388 e. The van der Waals surface area contributed by atoms with Crippen molar-refractivity contribution in [1.82, 2.24) is 0 Å². The maximum absolute atomic E-state index is 12.6. The summed E-state index contributed by atoms with van der Waals surface area (Å²) in [5.74, 6) is -0.237. The number of rotatable bonds is 1. The SMILES string of the molecule is CNc1ccc(F)c(Br)c1.Cl. The monoisotopic (exact) mass is 239 g/mol. The molecule has 1 aromatic carbocycles.